The Morgan fingerprint density at radius 2 is 1.31 bits per heavy atom. The summed E-state index contributed by atoms with van der Waals surface area (Å²) in [4.78, 5) is 0.263. The molecule has 0 radical (unpaired) electrons. The molecule has 2 aromatic carbocycles. The summed E-state index contributed by atoms with van der Waals surface area (Å²) in [5.41, 5.74) is 0.561. The normalized spacial score (nSPS) is 11.0. The number of nitrogens with one attached hydrogen (secondary N) is 1. The quantitative estimate of drug-likeness (QED) is 0.889. The first-order valence-corrected chi connectivity index (χ1v) is 6.30. The Morgan fingerprint density at radius 3 is 1.88 bits per heavy atom. The van der Waals surface area contributed by atoms with Crippen molar-refractivity contribution in [1.29, 1.82) is 0 Å². The van der Waals surface area contributed by atoms with E-state index in [1.807, 2.05) is 6.07 Å². The van der Waals surface area contributed by atoms with Crippen LogP contribution in [0.4, 0.5) is 5.69 Å². The Kier molecular flexibility index (Phi) is 2.92. The molecule has 1 N–H and O–H groups in total. The molecule has 2 aromatic rings. The first-order chi connectivity index (χ1) is 7.68. The molecule has 0 aliphatic carbocycles. The van der Waals surface area contributed by atoms with Gasteiger partial charge in [-0.1, -0.05) is 36.4 Å². The molecule has 16 heavy (non-hydrogen) atoms. The maximum atomic E-state index is 11.9. The van der Waals surface area contributed by atoms with Crippen molar-refractivity contribution >= 4 is 15.7 Å². The fraction of sp³-hybridized carbons (Fsp3) is 0. The lowest BCUT2D eigenvalue weighted by molar-refractivity contribution is 0.601. The number of hydrogen-bond donors (Lipinski definition) is 1. The van der Waals surface area contributed by atoms with Gasteiger partial charge in [0, 0.05) is 7.11 Å². The molecule has 0 spiro atoms. The molecule has 0 atom stereocenters. The first-order valence-electron chi connectivity index (χ1n) is 4.81. The summed E-state index contributed by atoms with van der Waals surface area (Å²) in [7, 11) is -3.46. The molecule has 2 rings (SSSR count). The molecular weight excluding hydrogens is 222 g/mol. The third-order valence-corrected chi connectivity index (χ3v) is 3.48. The highest BCUT2D eigenvalue weighted by molar-refractivity contribution is 7.92. The van der Waals surface area contributed by atoms with E-state index in [9.17, 15) is 8.42 Å². The number of benzene rings is 2. The highest BCUT2D eigenvalue weighted by Gasteiger charge is 2.12. The van der Waals surface area contributed by atoms with Crippen molar-refractivity contribution < 1.29 is 9.84 Å². The van der Waals surface area contributed by atoms with E-state index < -0.39 is 10.0 Å². The van der Waals surface area contributed by atoms with Crippen LogP contribution in [-0.2, 0) is 10.0 Å². The van der Waals surface area contributed by atoms with Gasteiger partial charge in [-0.3, -0.25) is 4.72 Å². The highest BCUT2D eigenvalue weighted by atomic mass is 32.2. The number of para-hydroxylation sites is 1. The van der Waals surface area contributed by atoms with Gasteiger partial charge in [-0.25, -0.2) is 8.42 Å². The van der Waals surface area contributed by atoms with Gasteiger partial charge in [-0.2, -0.15) is 0 Å². The van der Waals surface area contributed by atoms with Crippen molar-refractivity contribution in [2.24, 2.45) is 0 Å². The van der Waals surface area contributed by atoms with Crippen molar-refractivity contribution in [3.05, 3.63) is 60.7 Å². The van der Waals surface area contributed by atoms with E-state index >= 15 is 0 Å². The first kappa shape index (κ1) is 10.7. The number of rotatable bonds is 3. The summed E-state index contributed by atoms with van der Waals surface area (Å²) in [5.74, 6) is 0. The molecule has 3 nitrogen and oxygen atoms in total. The molecular formula is C12H13NO2S. The minimum absolute atomic E-state index is 0. The summed E-state index contributed by atoms with van der Waals surface area (Å²) in [6.45, 7) is 0. The molecule has 0 amide bonds. The highest BCUT2D eigenvalue weighted by Crippen LogP contribution is 2.14. The third-order valence-electron chi connectivity index (χ3n) is 2.08. The molecule has 0 aromatic heterocycles. The summed E-state index contributed by atoms with van der Waals surface area (Å²) in [6, 6.07) is 17.1. The molecule has 0 aliphatic rings. The topological polar surface area (TPSA) is 46.2 Å². The Bertz CT molecular complexity index is 556. The third kappa shape index (κ3) is 2.41. The molecule has 0 fully saturated rings. The van der Waals surface area contributed by atoms with Crippen LogP contribution in [0.1, 0.15) is 1.43 Å². The van der Waals surface area contributed by atoms with Crippen LogP contribution in [0, 0.1) is 0 Å². The summed E-state index contributed by atoms with van der Waals surface area (Å²) < 4.78 is 26.3. The van der Waals surface area contributed by atoms with Gasteiger partial charge in [-0.05, 0) is 24.3 Å². The largest absolute Gasteiger partial charge is 0.280 e. The van der Waals surface area contributed by atoms with Crippen LogP contribution in [0.15, 0.2) is 65.6 Å². The van der Waals surface area contributed by atoms with E-state index in [-0.39, 0.29) is 6.32 Å². The fourth-order valence-electron chi connectivity index (χ4n) is 1.32. The minimum Gasteiger partial charge on any atom is -0.280 e. The molecule has 0 bridgehead atoms. The maximum absolute atomic E-state index is 11.9. The lowest BCUT2D eigenvalue weighted by atomic mass is 10.3. The van der Waals surface area contributed by atoms with Crippen molar-refractivity contribution in [1.82, 2.24) is 0 Å². The van der Waals surface area contributed by atoms with E-state index in [0.717, 1.165) is 0 Å². The Hall–Kier alpha value is -1.81. The van der Waals surface area contributed by atoms with E-state index in [1.54, 1.807) is 54.6 Å². The monoisotopic (exact) mass is 235 g/mol. The van der Waals surface area contributed by atoms with E-state index in [0.29, 0.717) is 5.69 Å². The van der Waals surface area contributed by atoms with Crippen LogP contribution in [0.3, 0.4) is 0 Å². The van der Waals surface area contributed by atoms with Crippen LogP contribution in [0.5, 0.6) is 0 Å². The zero-order valence-electron chi connectivity index (χ0n) is 8.50. The van der Waals surface area contributed by atoms with Gasteiger partial charge >= 0.3 is 0 Å². The van der Waals surface area contributed by atoms with E-state index in [4.69, 9.17) is 0 Å². The van der Waals surface area contributed by atoms with Crippen molar-refractivity contribution in [2.75, 3.05) is 4.72 Å². The molecule has 0 aliphatic heterocycles. The molecule has 84 valence electrons. The minimum atomic E-state index is -3.46. The average Bonchev–Trinajstić information content (AvgIpc) is 2.31. The summed E-state index contributed by atoms with van der Waals surface area (Å²) >= 11 is 0. The van der Waals surface area contributed by atoms with Gasteiger partial charge in [-0.15, -0.1) is 0 Å². The molecule has 0 saturated carbocycles. The van der Waals surface area contributed by atoms with Crippen molar-refractivity contribution in [3.63, 3.8) is 0 Å². The van der Waals surface area contributed by atoms with E-state index in [2.05, 4.69) is 4.72 Å². The number of sulfonamides is 1. The van der Waals surface area contributed by atoms with E-state index in [1.165, 1.54) is 0 Å². The fourth-order valence-corrected chi connectivity index (χ4v) is 2.40. The van der Waals surface area contributed by atoms with Crippen LogP contribution < -0.4 is 4.72 Å². The molecule has 0 unspecified atom stereocenters. The van der Waals surface area contributed by atoms with Crippen LogP contribution in [0.25, 0.3) is 0 Å². The second-order valence-electron chi connectivity index (χ2n) is 3.28. The smallest absolute Gasteiger partial charge is 0.261 e. The van der Waals surface area contributed by atoms with Gasteiger partial charge < -0.3 is 0 Å². The SMILES string of the molecule is O=S(=O)(Nc1ccccc1)c1ccccc1.[HH]. The second-order valence-corrected chi connectivity index (χ2v) is 4.97. The molecule has 0 heterocycles. The zero-order chi connectivity index (χ0) is 11.4. The average molecular weight is 235 g/mol. The van der Waals surface area contributed by atoms with Crippen LogP contribution in [0.2, 0.25) is 0 Å². The maximum Gasteiger partial charge on any atom is 0.261 e. The Balaban J connectivity index is 0.00000144. The predicted molar refractivity (Wildman–Crippen MR) is 65.8 cm³/mol. The van der Waals surface area contributed by atoms with Gasteiger partial charge in [0.1, 0.15) is 0 Å². The van der Waals surface area contributed by atoms with Crippen molar-refractivity contribution in [3.8, 4) is 0 Å². The second kappa shape index (κ2) is 4.37. The van der Waals surface area contributed by atoms with Gasteiger partial charge in [0.05, 0.1) is 4.90 Å². The summed E-state index contributed by atoms with van der Waals surface area (Å²) in [5, 5.41) is 0. The Morgan fingerprint density at radius 1 is 0.812 bits per heavy atom. The molecule has 4 heteroatoms. The zero-order valence-corrected chi connectivity index (χ0v) is 9.31. The molecule has 0 saturated heterocycles. The predicted octanol–water partition coefficient (Wildman–Crippen LogP) is 2.73. The van der Waals surface area contributed by atoms with Gasteiger partial charge in [0.2, 0.25) is 0 Å². The standard InChI is InChI=1S/C12H11NO2S.H2/c14-16(15,12-9-5-2-6-10-12)13-11-7-3-1-4-8-11;/h1-10,13H;1H. The van der Waals surface area contributed by atoms with Gasteiger partial charge in [0.25, 0.3) is 10.0 Å². The van der Waals surface area contributed by atoms with Crippen LogP contribution >= 0.6 is 0 Å². The summed E-state index contributed by atoms with van der Waals surface area (Å²) in [6.07, 6.45) is 0. The van der Waals surface area contributed by atoms with Gasteiger partial charge in [0.15, 0.2) is 0 Å². The Labute approximate surface area is 96.3 Å². The lowest BCUT2D eigenvalue weighted by Crippen LogP contribution is -2.12. The van der Waals surface area contributed by atoms with Crippen LogP contribution in [-0.4, -0.2) is 8.42 Å². The van der Waals surface area contributed by atoms with Crippen molar-refractivity contribution in [2.45, 2.75) is 4.90 Å². The lowest BCUT2D eigenvalue weighted by Gasteiger charge is -2.07. The number of hydrogen-bond acceptors (Lipinski definition) is 2. The number of anilines is 1.